The lowest BCUT2D eigenvalue weighted by atomic mass is 9.99. The van der Waals surface area contributed by atoms with Crippen molar-refractivity contribution in [2.24, 2.45) is 0 Å². The molecule has 0 aromatic heterocycles. The molecule has 1 atom stereocenters. The number of carbonyl (C=O) groups is 2. The molecule has 2 aromatic rings. The molecule has 1 aliphatic heterocycles. The normalized spacial score (nSPS) is 14.7. The number of ether oxygens (including phenoxy) is 1. The highest BCUT2D eigenvalue weighted by Crippen LogP contribution is 2.19. The van der Waals surface area contributed by atoms with E-state index in [9.17, 15) is 18.0 Å². The van der Waals surface area contributed by atoms with Gasteiger partial charge in [-0.05, 0) is 61.6 Å². The van der Waals surface area contributed by atoms with Crippen LogP contribution in [0.1, 0.15) is 29.2 Å². The molecule has 7 nitrogen and oxygen atoms in total. The van der Waals surface area contributed by atoms with Crippen LogP contribution >= 0.6 is 0 Å². The SMILES string of the molecule is Cc1ccc(S(=O)(=O)NCC(=O)OC(C)C(=O)N2CCc3ccccc3C2)cc1C. The number of aryl methyl sites for hydroxylation is 2. The second-order valence-corrected chi connectivity index (χ2v) is 9.25. The van der Waals surface area contributed by atoms with Crippen molar-refractivity contribution in [3.05, 3.63) is 64.7 Å². The number of nitrogens with zero attached hydrogens (tertiary/aromatic N) is 1. The van der Waals surface area contributed by atoms with Crippen LogP contribution in [0, 0.1) is 13.8 Å². The summed E-state index contributed by atoms with van der Waals surface area (Å²) in [5, 5.41) is 0. The summed E-state index contributed by atoms with van der Waals surface area (Å²) < 4.78 is 32.2. The van der Waals surface area contributed by atoms with Crippen molar-refractivity contribution in [1.82, 2.24) is 9.62 Å². The van der Waals surface area contributed by atoms with Gasteiger partial charge in [0, 0.05) is 13.1 Å². The monoisotopic (exact) mass is 430 g/mol. The van der Waals surface area contributed by atoms with Crippen LogP contribution in [-0.2, 0) is 37.3 Å². The first-order valence-corrected chi connectivity index (χ1v) is 11.3. The van der Waals surface area contributed by atoms with Crippen LogP contribution in [0.25, 0.3) is 0 Å². The minimum Gasteiger partial charge on any atom is -0.452 e. The molecule has 0 aliphatic carbocycles. The van der Waals surface area contributed by atoms with E-state index in [-0.39, 0.29) is 10.8 Å². The van der Waals surface area contributed by atoms with E-state index in [4.69, 9.17) is 4.74 Å². The summed E-state index contributed by atoms with van der Waals surface area (Å²) in [6, 6.07) is 12.7. The summed E-state index contributed by atoms with van der Waals surface area (Å²) in [6.45, 7) is 5.67. The van der Waals surface area contributed by atoms with Crippen LogP contribution in [0.3, 0.4) is 0 Å². The van der Waals surface area contributed by atoms with Gasteiger partial charge in [0.15, 0.2) is 6.10 Å². The number of sulfonamides is 1. The highest BCUT2D eigenvalue weighted by molar-refractivity contribution is 7.89. The fourth-order valence-electron chi connectivity index (χ4n) is 3.35. The molecule has 0 bridgehead atoms. The van der Waals surface area contributed by atoms with E-state index in [1.165, 1.54) is 18.6 Å². The third-order valence-electron chi connectivity index (χ3n) is 5.29. The van der Waals surface area contributed by atoms with Gasteiger partial charge in [0.25, 0.3) is 5.91 Å². The summed E-state index contributed by atoms with van der Waals surface area (Å²) in [5.41, 5.74) is 4.10. The van der Waals surface area contributed by atoms with E-state index >= 15 is 0 Å². The molecule has 1 N–H and O–H groups in total. The Labute approximate surface area is 177 Å². The van der Waals surface area contributed by atoms with Crippen LogP contribution in [0.5, 0.6) is 0 Å². The summed E-state index contributed by atoms with van der Waals surface area (Å²) in [6.07, 6.45) is -0.243. The number of hydrogen-bond acceptors (Lipinski definition) is 5. The molecule has 0 saturated carbocycles. The van der Waals surface area contributed by atoms with Gasteiger partial charge >= 0.3 is 5.97 Å². The molecule has 30 heavy (non-hydrogen) atoms. The van der Waals surface area contributed by atoms with E-state index in [1.54, 1.807) is 17.0 Å². The molecule has 0 radical (unpaired) electrons. The lowest BCUT2D eigenvalue weighted by molar-refractivity contribution is -0.158. The molecule has 1 unspecified atom stereocenters. The standard InChI is InChI=1S/C22H26N2O5S/c1-15-8-9-20(12-16(15)2)30(27,28)23-13-21(25)29-17(3)22(26)24-11-10-18-6-4-5-7-19(18)14-24/h4-9,12,17,23H,10-11,13-14H2,1-3H3. The maximum atomic E-state index is 12.6. The molecule has 1 amide bonds. The number of carbonyl (C=O) groups excluding carboxylic acids is 2. The highest BCUT2D eigenvalue weighted by Gasteiger charge is 2.27. The minimum absolute atomic E-state index is 0.0782. The Balaban J connectivity index is 1.54. The second-order valence-electron chi connectivity index (χ2n) is 7.48. The molecule has 160 valence electrons. The maximum absolute atomic E-state index is 12.6. The molecule has 3 rings (SSSR count). The first kappa shape index (κ1) is 22.0. The number of benzene rings is 2. The van der Waals surface area contributed by atoms with Gasteiger partial charge in [-0.3, -0.25) is 9.59 Å². The van der Waals surface area contributed by atoms with Crippen molar-refractivity contribution >= 4 is 21.9 Å². The topological polar surface area (TPSA) is 92.8 Å². The molecule has 1 heterocycles. The van der Waals surface area contributed by atoms with Gasteiger partial charge in [-0.1, -0.05) is 30.3 Å². The fourth-order valence-corrected chi connectivity index (χ4v) is 4.40. The third-order valence-corrected chi connectivity index (χ3v) is 6.69. The summed E-state index contributed by atoms with van der Waals surface area (Å²) in [7, 11) is -3.85. The number of hydrogen-bond donors (Lipinski definition) is 1. The van der Waals surface area contributed by atoms with Gasteiger partial charge in [0.2, 0.25) is 10.0 Å². The molecule has 2 aromatic carbocycles. The van der Waals surface area contributed by atoms with E-state index < -0.39 is 28.6 Å². The van der Waals surface area contributed by atoms with Crippen molar-refractivity contribution in [2.75, 3.05) is 13.1 Å². The van der Waals surface area contributed by atoms with Gasteiger partial charge in [-0.25, -0.2) is 8.42 Å². The van der Waals surface area contributed by atoms with Crippen LogP contribution in [0.4, 0.5) is 0 Å². The molecule has 0 saturated heterocycles. The third kappa shape index (κ3) is 5.06. The van der Waals surface area contributed by atoms with Crippen LogP contribution in [0.2, 0.25) is 0 Å². The Morgan fingerprint density at radius 3 is 2.50 bits per heavy atom. The van der Waals surface area contributed by atoms with E-state index in [2.05, 4.69) is 4.72 Å². The zero-order chi connectivity index (χ0) is 21.9. The predicted octanol–water partition coefficient (Wildman–Crippen LogP) is 2.10. The van der Waals surface area contributed by atoms with Crippen molar-refractivity contribution < 1.29 is 22.7 Å². The molecule has 0 fully saturated rings. The Kier molecular flexibility index (Phi) is 6.58. The lowest BCUT2D eigenvalue weighted by Gasteiger charge is -2.30. The quantitative estimate of drug-likeness (QED) is 0.709. The Bertz CT molecular complexity index is 1060. The van der Waals surface area contributed by atoms with E-state index in [0.717, 1.165) is 23.1 Å². The lowest BCUT2D eigenvalue weighted by Crippen LogP contribution is -2.43. The van der Waals surface area contributed by atoms with Gasteiger partial charge in [0.05, 0.1) is 4.90 Å². The molecule has 0 spiro atoms. The zero-order valence-electron chi connectivity index (χ0n) is 17.3. The number of fused-ring (bicyclic) bond motifs is 1. The smallest absolute Gasteiger partial charge is 0.321 e. The van der Waals surface area contributed by atoms with Crippen molar-refractivity contribution in [1.29, 1.82) is 0 Å². The first-order chi connectivity index (χ1) is 14.2. The molecular weight excluding hydrogens is 404 g/mol. The summed E-state index contributed by atoms with van der Waals surface area (Å²) >= 11 is 0. The van der Waals surface area contributed by atoms with Crippen LogP contribution < -0.4 is 4.72 Å². The average molecular weight is 431 g/mol. The number of amides is 1. The Morgan fingerprint density at radius 1 is 1.10 bits per heavy atom. The molecular formula is C22H26N2O5S. The maximum Gasteiger partial charge on any atom is 0.321 e. The largest absolute Gasteiger partial charge is 0.452 e. The van der Waals surface area contributed by atoms with Gasteiger partial charge in [-0.15, -0.1) is 0 Å². The predicted molar refractivity (Wildman–Crippen MR) is 112 cm³/mol. The number of rotatable bonds is 6. The van der Waals surface area contributed by atoms with Crippen LogP contribution in [0.15, 0.2) is 47.4 Å². The first-order valence-electron chi connectivity index (χ1n) is 9.79. The highest BCUT2D eigenvalue weighted by atomic mass is 32.2. The van der Waals surface area contributed by atoms with Crippen molar-refractivity contribution in [3.63, 3.8) is 0 Å². The summed E-state index contributed by atoms with van der Waals surface area (Å²) in [4.78, 5) is 26.5. The van der Waals surface area contributed by atoms with Crippen LogP contribution in [-0.4, -0.2) is 44.4 Å². The number of nitrogens with one attached hydrogen (secondary N) is 1. The zero-order valence-corrected chi connectivity index (χ0v) is 18.2. The second kappa shape index (κ2) is 8.97. The Hall–Kier alpha value is -2.71. The van der Waals surface area contributed by atoms with E-state index in [1.807, 2.05) is 38.1 Å². The fraction of sp³-hybridized carbons (Fsp3) is 0.364. The Morgan fingerprint density at radius 2 is 1.80 bits per heavy atom. The molecule has 8 heteroatoms. The van der Waals surface area contributed by atoms with Gasteiger partial charge < -0.3 is 9.64 Å². The average Bonchev–Trinajstić information content (AvgIpc) is 2.73. The summed E-state index contributed by atoms with van der Waals surface area (Å²) in [5.74, 6) is -1.10. The van der Waals surface area contributed by atoms with Gasteiger partial charge in [-0.2, -0.15) is 4.72 Å². The van der Waals surface area contributed by atoms with E-state index in [0.29, 0.717) is 13.1 Å². The number of esters is 1. The molecule has 1 aliphatic rings. The van der Waals surface area contributed by atoms with Gasteiger partial charge in [0.1, 0.15) is 6.54 Å². The van der Waals surface area contributed by atoms with Crippen molar-refractivity contribution in [3.8, 4) is 0 Å². The minimum atomic E-state index is -3.85. The van der Waals surface area contributed by atoms with Crippen molar-refractivity contribution in [2.45, 2.75) is 44.7 Å².